The Balaban J connectivity index is 1.29. The van der Waals surface area contributed by atoms with E-state index in [2.05, 4.69) is 96.0 Å². The SMILES string of the molecule is CC(C)(C)c1ccc(COc2ccccc2/C=C/C(CCc2ccc(-c3nn[nH]n3)cc2)Cc2ccc(C(=O)O)cc2)cc1. The highest BCUT2D eigenvalue weighted by molar-refractivity contribution is 5.87. The number of H-pyrrole nitrogens is 1. The van der Waals surface area contributed by atoms with E-state index in [-0.39, 0.29) is 11.3 Å². The molecular formula is C37H38N4O3. The van der Waals surface area contributed by atoms with Gasteiger partial charge in [0.05, 0.1) is 5.56 Å². The van der Waals surface area contributed by atoms with Gasteiger partial charge in [-0.2, -0.15) is 5.21 Å². The summed E-state index contributed by atoms with van der Waals surface area (Å²) in [7, 11) is 0. The van der Waals surface area contributed by atoms with Crippen LogP contribution in [0.1, 0.15) is 65.4 Å². The fourth-order valence-corrected chi connectivity index (χ4v) is 5.06. The van der Waals surface area contributed by atoms with Crippen molar-refractivity contribution in [3.8, 4) is 17.1 Å². The molecule has 44 heavy (non-hydrogen) atoms. The Labute approximate surface area is 258 Å². The molecule has 1 atom stereocenters. The number of nitrogens with zero attached hydrogens (tertiary/aromatic N) is 3. The number of aromatic nitrogens is 4. The van der Waals surface area contributed by atoms with E-state index in [4.69, 9.17) is 4.74 Å². The second-order valence-corrected chi connectivity index (χ2v) is 12.1. The maximum Gasteiger partial charge on any atom is 0.335 e. The van der Waals surface area contributed by atoms with Crippen LogP contribution in [0.4, 0.5) is 0 Å². The molecule has 0 aliphatic rings. The van der Waals surface area contributed by atoms with Gasteiger partial charge < -0.3 is 9.84 Å². The number of aromatic amines is 1. The van der Waals surface area contributed by atoms with Crippen molar-refractivity contribution in [2.45, 2.75) is 52.1 Å². The van der Waals surface area contributed by atoms with Crippen LogP contribution >= 0.6 is 0 Å². The van der Waals surface area contributed by atoms with E-state index in [1.807, 2.05) is 42.5 Å². The molecule has 4 aromatic carbocycles. The largest absolute Gasteiger partial charge is 0.488 e. The van der Waals surface area contributed by atoms with Crippen LogP contribution in [0.3, 0.4) is 0 Å². The number of aromatic carboxylic acids is 1. The summed E-state index contributed by atoms with van der Waals surface area (Å²) in [4.78, 5) is 11.3. The maximum absolute atomic E-state index is 11.3. The molecule has 0 saturated carbocycles. The Hall–Kier alpha value is -5.04. The van der Waals surface area contributed by atoms with Crippen LogP contribution in [0.5, 0.6) is 5.75 Å². The van der Waals surface area contributed by atoms with Crippen LogP contribution in [-0.4, -0.2) is 31.7 Å². The standard InChI is InChI=1S/C37H38N4O3/c1-37(2,3)33-22-15-29(16-23-33)25-44-34-7-5-4-6-30(34)17-12-27(24-28-13-20-32(21-14-28)36(42)43)9-8-26-10-18-31(19-11-26)35-38-40-41-39-35/h4-7,10-23,27H,8-9,24-25H2,1-3H3,(H,42,43)(H,38,39,40,41)/b17-12+. The first-order chi connectivity index (χ1) is 21.2. The minimum atomic E-state index is -0.918. The minimum Gasteiger partial charge on any atom is -0.488 e. The van der Waals surface area contributed by atoms with Crippen LogP contribution in [0.25, 0.3) is 17.5 Å². The number of ether oxygens (including phenoxy) is 1. The van der Waals surface area contributed by atoms with Gasteiger partial charge in [0.2, 0.25) is 5.82 Å². The summed E-state index contributed by atoms with van der Waals surface area (Å²) in [6, 6.07) is 32.1. The average Bonchev–Trinajstić information content (AvgIpc) is 3.57. The van der Waals surface area contributed by atoms with Crippen LogP contribution in [0.2, 0.25) is 0 Å². The molecule has 0 spiro atoms. The van der Waals surface area contributed by atoms with Crippen molar-refractivity contribution >= 4 is 12.0 Å². The lowest BCUT2D eigenvalue weighted by Gasteiger charge is -2.19. The number of aryl methyl sites for hydroxylation is 1. The highest BCUT2D eigenvalue weighted by atomic mass is 16.5. The smallest absolute Gasteiger partial charge is 0.335 e. The van der Waals surface area contributed by atoms with E-state index in [1.54, 1.807) is 12.1 Å². The number of carbonyl (C=O) groups is 1. The number of para-hydroxylation sites is 1. The normalized spacial score (nSPS) is 12.3. The second kappa shape index (κ2) is 14.0. The molecule has 2 N–H and O–H groups in total. The second-order valence-electron chi connectivity index (χ2n) is 12.1. The molecular weight excluding hydrogens is 548 g/mol. The van der Waals surface area contributed by atoms with E-state index >= 15 is 0 Å². The van der Waals surface area contributed by atoms with E-state index < -0.39 is 5.97 Å². The van der Waals surface area contributed by atoms with Crippen LogP contribution in [0, 0.1) is 5.92 Å². The first-order valence-electron chi connectivity index (χ1n) is 14.9. The Bertz CT molecular complexity index is 1670. The molecule has 0 saturated heterocycles. The number of nitrogens with one attached hydrogen (secondary N) is 1. The topological polar surface area (TPSA) is 101 Å². The van der Waals surface area contributed by atoms with Gasteiger partial charge in [0.15, 0.2) is 0 Å². The fraction of sp³-hybridized carbons (Fsp3) is 0.243. The van der Waals surface area contributed by atoms with Gasteiger partial charge in [-0.25, -0.2) is 4.79 Å². The molecule has 1 unspecified atom stereocenters. The average molecular weight is 587 g/mol. The van der Waals surface area contributed by atoms with Crippen molar-refractivity contribution in [3.05, 3.63) is 137 Å². The monoisotopic (exact) mass is 586 g/mol. The molecule has 5 aromatic rings. The number of rotatable bonds is 12. The zero-order valence-corrected chi connectivity index (χ0v) is 25.4. The third-order valence-corrected chi connectivity index (χ3v) is 7.74. The summed E-state index contributed by atoms with van der Waals surface area (Å²) in [5.74, 6) is 0.717. The van der Waals surface area contributed by atoms with E-state index in [0.717, 1.165) is 47.3 Å². The van der Waals surface area contributed by atoms with Gasteiger partial charge in [0.1, 0.15) is 12.4 Å². The van der Waals surface area contributed by atoms with E-state index in [1.165, 1.54) is 11.1 Å². The zero-order valence-electron chi connectivity index (χ0n) is 25.4. The lowest BCUT2D eigenvalue weighted by molar-refractivity contribution is 0.0697. The number of tetrazole rings is 1. The summed E-state index contributed by atoms with van der Waals surface area (Å²) in [6.07, 6.45) is 6.99. The Kier molecular flexibility index (Phi) is 9.65. The minimum absolute atomic E-state index is 0.115. The highest BCUT2D eigenvalue weighted by Crippen LogP contribution is 2.26. The molecule has 0 aliphatic carbocycles. The number of carboxylic acid groups (broad SMARTS) is 1. The van der Waals surface area contributed by atoms with Gasteiger partial charge in [0.25, 0.3) is 0 Å². The maximum atomic E-state index is 11.3. The Morgan fingerprint density at radius 1 is 0.886 bits per heavy atom. The number of hydrogen-bond donors (Lipinski definition) is 2. The molecule has 5 rings (SSSR count). The molecule has 0 fully saturated rings. The Morgan fingerprint density at radius 2 is 1.57 bits per heavy atom. The molecule has 224 valence electrons. The summed E-state index contributed by atoms with van der Waals surface area (Å²) < 4.78 is 6.28. The van der Waals surface area contributed by atoms with E-state index in [0.29, 0.717) is 18.0 Å². The van der Waals surface area contributed by atoms with Gasteiger partial charge in [0, 0.05) is 11.1 Å². The molecule has 0 amide bonds. The van der Waals surface area contributed by atoms with Crippen LogP contribution < -0.4 is 4.74 Å². The van der Waals surface area contributed by atoms with Crippen LogP contribution in [-0.2, 0) is 24.9 Å². The molecule has 1 aromatic heterocycles. The van der Waals surface area contributed by atoms with Crippen molar-refractivity contribution in [2.75, 3.05) is 0 Å². The summed E-state index contributed by atoms with van der Waals surface area (Å²) >= 11 is 0. The molecule has 0 bridgehead atoms. The number of benzene rings is 4. The predicted molar refractivity (Wildman–Crippen MR) is 173 cm³/mol. The molecule has 0 radical (unpaired) electrons. The summed E-state index contributed by atoms with van der Waals surface area (Å²) in [6.45, 7) is 7.14. The molecule has 0 aliphatic heterocycles. The van der Waals surface area contributed by atoms with Crippen molar-refractivity contribution < 1.29 is 14.6 Å². The van der Waals surface area contributed by atoms with Gasteiger partial charge >= 0.3 is 5.97 Å². The van der Waals surface area contributed by atoms with Crippen molar-refractivity contribution in [3.63, 3.8) is 0 Å². The Morgan fingerprint density at radius 3 is 2.23 bits per heavy atom. The molecule has 1 heterocycles. The molecule has 7 heteroatoms. The number of allylic oxidation sites excluding steroid dienone is 1. The fourth-order valence-electron chi connectivity index (χ4n) is 5.06. The zero-order chi connectivity index (χ0) is 30.9. The van der Waals surface area contributed by atoms with Gasteiger partial charge in [-0.05, 0) is 76.3 Å². The van der Waals surface area contributed by atoms with Crippen molar-refractivity contribution in [1.82, 2.24) is 20.6 Å². The number of hydrogen-bond acceptors (Lipinski definition) is 5. The van der Waals surface area contributed by atoms with Gasteiger partial charge in [-0.15, -0.1) is 10.2 Å². The van der Waals surface area contributed by atoms with Crippen molar-refractivity contribution in [1.29, 1.82) is 0 Å². The highest BCUT2D eigenvalue weighted by Gasteiger charge is 2.14. The summed E-state index contributed by atoms with van der Waals surface area (Å²) in [5, 5.41) is 23.5. The quantitative estimate of drug-likeness (QED) is 0.154. The van der Waals surface area contributed by atoms with E-state index in [9.17, 15) is 9.90 Å². The lowest BCUT2D eigenvalue weighted by Crippen LogP contribution is -2.10. The lowest BCUT2D eigenvalue weighted by atomic mass is 9.87. The van der Waals surface area contributed by atoms with Crippen molar-refractivity contribution in [2.24, 2.45) is 5.92 Å². The first-order valence-corrected chi connectivity index (χ1v) is 14.9. The van der Waals surface area contributed by atoms with Crippen LogP contribution in [0.15, 0.2) is 103 Å². The third kappa shape index (κ3) is 8.28. The number of carboxylic acids is 1. The molecule has 7 nitrogen and oxygen atoms in total. The summed E-state index contributed by atoms with van der Waals surface area (Å²) in [5.41, 5.74) is 7.10. The van der Waals surface area contributed by atoms with Gasteiger partial charge in [-0.3, -0.25) is 0 Å². The van der Waals surface area contributed by atoms with Gasteiger partial charge in [-0.1, -0.05) is 112 Å². The first kappa shape index (κ1) is 30.4. The predicted octanol–water partition coefficient (Wildman–Crippen LogP) is 7.95. The third-order valence-electron chi connectivity index (χ3n) is 7.74.